The third kappa shape index (κ3) is 4.85. The maximum Gasteiger partial charge on any atom is 0.387 e. The molecule has 7 nitrogen and oxygen atoms in total. The Balaban J connectivity index is 1.45. The molecule has 2 aliphatic rings. The van der Waals surface area contributed by atoms with Gasteiger partial charge in [-0.3, -0.25) is 4.90 Å². The molecule has 3 heterocycles. The highest BCUT2D eigenvalue weighted by molar-refractivity contribution is 5.60. The number of methoxy groups -OCH3 is 1. The smallest absolute Gasteiger partial charge is 0.387 e. The molecule has 2 aliphatic heterocycles. The van der Waals surface area contributed by atoms with Crippen molar-refractivity contribution in [1.29, 1.82) is 0 Å². The van der Waals surface area contributed by atoms with Crippen molar-refractivity contribution in [3.8, 4) is 11.5 Å². The lowest BCUT2D eigenvalue weighted by Gasteiger charge is -2.42. The summed E-state index contributed by atoms with van der Waals surface area (Å²) in [6, 6.07) is 5.05. The average molecular weight is 451 g/mol. The zero-order chi connectivity index (χ0) is 22.9. The molecule has 0 radical (unpaired) electrons. The first kappa shape index (κ1) is 22.4. The van der Waals surface area contributed by atoms with Gasteiger partial charge in [0, 0.05) is 35.9 Å². The predicted molar refractivity (Wildman–Crippen MR) is 115 cm³/mol. The highest BCUT2D eigenvalue weighted by atomic mass is 19.3. The molecule has 2 aromatic rings. The number of anilines is 3. The number of fused-ring (bicyclic) bond motifs is 1. The molecule has 2 saturated heterocycles. The molecular weight excluding hydrogens is 423 g/mol. The van der Waals surface area contributed by atoms with Gasteiger partial charge < -0.3 is 20.1 Å². The van der Waals surface area contributed by atoms with Gasteiger partial charge in [0.05, 0.1) is 13.3 Å². The van der Waals surface area contributed by atoms with Crippen LogP contribution in [0.15, 0.2) is 24.4 Å². The minimum absolute atomic E-state index is 0.120. The molecule has 1 aromatic carbocycles. The number of hydrogen-bond acceptors (Lipinski definition) is 7. The Bertz CT molecular complexity index is 959. The van der Waals surface area contributed by atoms with Gasteiger partial charge in [0.25, 0.3) is 0 Å². The Morgan fingerprint density at radius 3 is 2.78 bits per heavy atom. The molecule has 0 amide bonds. The van der Waals surface area contributed by atoms with Gasteiger partial charge in [0.15, 0.2) is 23.1 Å². The first-order valence-electron chi connectivity index (χ1n) is 10.7. The number of rotatable bonds is 7. The van der Waals surface area contributed by atoms with Crippen LogP contribution in [0.4, 0.5) is 30.6 Å². The summed E-state index contributed by atoms with van der Waals surface area (Å²) in [7, 11) is 1.36. The largest absolute Gasteiger partial charge is 0.493 e. The Kier molecular flexibility index (Phi) is 6.32. The van der Waals surface area contributed by atoms with E-state index in [9.17, 15) is 13.2 Å². The van der Waals surface area contributed by atoms with Crippen molar-refractivity contribution < 1.29 is 22.6 Å². The number of ether oxygens (including phenoxy) is 2. The summed E-state index contributed by atoms with van der Waals surface area (Å²) >= 11 is 0. The van der Waals surface area contributed by atoms with Gasteiger partial charge >= 0.3 is 6.61 Å². The molecule has 174 valence electrons. The van der Waals surface area contributed by atoms with Crippen LogP contribution in [0.3, 0.4) is 0 Å². The van der Waals surface area contributed by atoms with Crippen molar-refractivity contribution in [3.63, 3.8) is 0 Å². The van der Waals surface area contributed by atoms with Crippen LogP contribution in [0.1, 0.15) is 39.5 Å². The van der Waals surface area contributed by atoms with Crippen LogP contribution >= 0.6 is 0 Å². The van der Waals surface area contributed by atoms with E-state index < -0.39 is 12.4 Å². The minimum Gasteiger partial charge on any atom is -0.493 e. The maximum absolute atomic E-state index is 14.4. The Morgan fingerprint density at radius 2 is 2.03 bits per heavy atom. The van der Waals surface area contributed by atoms with Crippen molar-refractivity contribution in [2.75, 3.05) is 24.3 Å². The van der Waals surface area contributed by atoms with Crippen molar-refractivity contribution >= 4 is 17.5 Å². The number of aromatic nitrogens is 2. The number of alkyl halides is 2. The van der Waals surface area contributed by atoms with Crippen LogP contribution in [0, 0.1) is 5.82 Å². The lowest BCUT2D eigenvalue weighted by molar-refractivity contribution is -0.0511. The van der Waals surface area contributed by atoms with Gasteiger partial charge in [0.1, 0.15) is 0 Å². The third-order valence-electron chi connectivity index (χ3n) is 6.30. The molecule has 2 N–H and O–H groups in total. The second kappa shape index (κ2) is 9.01. The van der Waals surface area contributed by atoms with Gasteiger partial charge in [-0.05, 0) is 51.7 Å². The fraction of sp³-hybridized carbons (Fsp3) is 0.545. The molecule has 1 aromatic heterocycles. The van der Waals surface area contributed by atoms with E-state index in [0.717, 1.165) is 32.0 Å². The number of nitrogens with zero attached hydrogens (tertiary/aromatic N) is 3. The topological polar surface area (TPSA) is 71.5 Å². The highest BCUT2D eigenvalue weighted by Gasteiger charge is 2.42. The average Bonchev–Trinajstić information content (AvgIpc) is 3.04. The van der Waals surface area contributed by atoms with E-state index in [1.54, 1.807) is 6.07 Å². The third-order valence-corrected chi connectivity index (χ3v) is 6.30. The predicted octanol–water partition coefficient (Wildman–Crippen LogP) is 4.79. The molecule has 32 heavy (non-hydrogen) atoms. The Morgan fingerprint density at radius 1 is 1.22 bits per heavy atom. The zero-order valence-corrected chi connectivity index (χ0v) is 18.4. The second-order valence-corrected chi connectivity index (χ2v) is 8.82. The summed E-state index contributed by atoms with van der Waals surface area (Å²) < 4.78 is 49.3. The highest BCUT2D eigenvalue weighted by Crippen LogP contribution is 2.39. The molecule has 2 atom stereocenters. The monoisotopic (exact) mass is 451 g/mol. The fourth-order valence-corrected chi connectivity index (χ4v) is 4.71. The van der Waals surface area contributed by atoms with E-state index in [-0.39, 0.29) is 34.8 Å². The number of hydrogen-bond donors (Lipinski definition) is 2. The summed E-state index contributed by atoms with van der Waals surface area (Å²) in [5.41, 5.74) is 0.624. The maximum atomic E-state index is 14.4. The van der Waals surface area contributed by atoms with Crippen LogP contribution in [0.5, 0.6) is 11.5 Å². The van der Waals surface area contributed by atoms with E-state index in [1.807, 2.05) is 0 Å². The van der Waals surface area contributed by atoms with Gasteiger partial charge in [-0.2, -0.15) is 13.8 Å². The molecule has 2 fully saturated rings. The summed E-state index contributed by atoms with van der Waals surface area (Å²) in [5.74, 6) is -0.239. The molecule has 0 saturated carbocycles. The van der Waals surface area contributed by atoms with Crippen LogP contribution in [-0.4, -0.2) is 52.8 Å². The SMILES string of the molecule is COc1ccc(Nc2ncc(F)c(N[C@H]3CCN4[C@@H](CCC4(C)C)C3)n2)cc1OC(F)F. The van der Waals surface area contributed by atoms with Crippen molar-refractivity contribution in [2.45, 2.75) is 63.8 Å². The van der Waals surface area contributed by atoms with Crippen LogP contribution < -0.4 is 20.1 Å². The molecule has 4 rings (SSSR count). The fourth-order valence-electron chi connectivity index (χ4n) is 4.71. The van der Waals surface area contributed by atoms with Crippen LogP contribution in [0.2, 0.25) is 0 Å². The van der Waals surface area contributed by atoms with Crippen molar-refractivity contribution in [1.82, 2.24) is 14.9 Å². The van der Waals surface area contributed by atoms with Gasteiger partial charge in [-0.1, -0.05) is 0 Å². The molecule has 0 aliphatic carbocycles. The van der Waals surface area contributed by atoms with Gasteiger partial charge in [-0.25, -0.2) is 9.37 Å². The number of halogens is 3. The molecule has 0 spiro atoms. The Labute approximate surface area is 185 Å². The molecule has 0 bridgehead atoms. The van der Waals surface area contributed by atoms with Crippen molar-refractivity contribution in [2.24, 2.45) is 0 Å². The minimum atomic E-state index is -2.99. The van der Waals surface area contributed by atoms with Gasteiger partial charge in [-0.15, -0.1) is 0 Å². The van der Waals surface area contributed by atoms with E-state index in [0.29, 0.717) is 11.7 Å². The quantitative estimate of drug-likeness (QED) is 0.627. The number of piperidine rings is 1. The molecule has 10 heteroatoms. The summed E-state index contributed by atoms with van der Waals surface area (Å²) in [5, 5.41) is 6.14. The van der Waals surface area contributed by atoms with E-state index in [1.165, 1.54) is 25.7 Å². The van der Waals surface area contributed by atoms with E-state index in [4.69, 9.17) is 4.74 Å². The first-order chi connectivity index (χ1) is 15.2. The van der Waals surface area contributed by atoms with Crippen LogP contribution in [-0.2, 0) is 0 Å². The van der Waals surface area contributed by atoms with Crippen molar-refractivity contribution in [3.05, 3.63) is 30.2 Å². The van der Waals surface area contributed by atoms with E-state index >= 15 is 0 Å². The Hall–Kier alpha value is -2.75. The lowest BCUT2D eigenvalue weighted by Crippen LogP contribution is -2.50. The second-order valence-electron chi connectivity index (χ2n) is 8.82. The number of benzene rings is 1. The lowest BCUT2D eigenvalue weighted by atomic mass is 9.97. The molecular formula is C22H28F3N5O2. The van der Waals surface area contributed by atoms with E-state index in [2.05, 4.69) is 44.1 Å². The van der Waals surface area contributed by atoms with Crippen LogP contribution in [0.25, 0.3) is 0 Å². The summed E-state index contributed by atoms with van der Waals surface area (Å²) in [6.45, 7) is 2.53. The standard InChI is InChI=1S/C22H28F3N5O2/c1-22(2)8-6-15-10-14(7-9-30(15)22)27-19-16(23)12-26-21(29-19)28-13-4-5-17(31-3)18(11-13)32-20(24)25/h4-5,11-12,14-15,20H,6-10H2,1-3H3,(H2,26,27,28,29)/t14-,15-/m0/s1. The first-order valence-corrected chi connectivity index (χ1v) is 10.7. The van der Waals surface area contributed by atoms with Gasteiger partial charge in [0.2, 0.25) is 5.95 Å². The number of nitrogens with one attached hydrogen (secondary N) is 2. The normalized spacial score (nSPS) is 22.5. The molecule has 0 unspecified atom stereocenters. The summed E-state index contributed by atoms with van der Waals surface area (Å²) in [4.78, 5) is 10.8. The zero-order valence-electron chi connectivity index (χ0n) is 18.4. The summed E-state index contributed by atoms with van der Waals surface area (Å²) in [6.07, 6.45) is 5.23.